The fraction of sp³-hybridized carbons (Fsp3) is 0.867. The second-order valence-electron chi connectivity index (χ2n) is 5.82. The zero-order valence-electron chi connectivity index (χ0n) is 12.1. The van der Waals surface area contributed by atoms with Crippen molar-refractivity contribution in [1.29, 1.82) is 0 Å². The van der Waals surface area contributed by atoms with Crippen molar-refractivity contribution in [3.05, 3.63) is 11.8 Å². The molecule has 0 radical (unpaired) electrons. The third-order valence-electron chi connectivity index (χ3n) is 4.36. The van der Waals surface area contributed by atoms with E-state index in [1.165, 1.54) is 70.7 Å². The van der Waals surface area contributed by atoms with E-state index in [0.29, 0.717) is 0 Å². The largest absolute Gasteiger partial charge is 0.288 e. The molecule has 2 saturated heterocycles. The second-order valence-corrected chi connectivity index (χ2v) is 7.57. The molecule has 0 aromatic carbocycles. The number of hydrogen-bond donors (Lipinski definition) is 0. The van der Waals surface area contributed by atoms with Gasteiger partial charge in [0.2, 0.25) is 0 Å². The molecule has 0 aromatic heterocycles. The maximum absolute atomic E-state index is 2.73. The average molecular weight is 267 g/mol. The SMILES string of the molecule is CCC[SiH2]C=CCC(N1CCCC1)N1CCCC1. The van der Waals surface area contributed by atoms with Gasteiger partial charge in [0.05, 0.1) is 6.17 Å². The van der Waals surface area contributed by atoms with E-state index in [0.717, 1.165) is 6.17 Å². The summed E-state index contributed by atoms with van der Waals surface area (Å²) >= 11 is 0. The molecule has 2 rings (SSSR count). The van der Waals surface area contributed by atoms with Crippen LogP contribution in [0.5, 0.6) is 0 Å². The van der Waals surface area contributed by atoms with E-state index in [2.05, 4.69) is 28.5 Å². The molecule has 3 heteroatoms. The monoisotopic (exact) mass is 266 g/mol. The van der Waals surface area contributed by atoms with Gasteiger partial charge in [0.1, 0.15) is 0 Å². The molecule has 0 atom stereocenters. The number of rotatable bonds is 7. The van der Waals surface area contributed by atoms with Crippen LogP contribution < -0.4 is 0 Å². The Kier molecular flexibility index (Phi) is 6.45. The molecule has 2 nitrogen and oxygen atoms in total. The van der Waals surface area contributed by atoms with Crippen molar-refractivity contribution in [2.45, 2.75) is 57.7 Å². The Morgan fingerprint density at radius 1 is 1.00 bits per heavy atom. The molecule has 2 heterocycles. The predicted molar refractivity (Wildman–Crippen MR) is 82.8 cm³/mol. The van der Waals surface area contributed by atoms with Crippen LogP contribution in [0, 0.1) is 0 Å². The lowest BCUT2D eigenvalue weighted by atomic mass is 10.2. The zero-order valence-corrected chi connectivity index (χ0v) is 13.5. The van der Waals surface area contributed by atoms with Gasteiger partial charge in [-0.25, -0.2) is 0 Å². The van der Waals surface area contributed by atoms with Crippen LogP contribution in [0.15, 0.2) is 11.8 Å². The summed E-state index contributed by atoms with van der Waals surface area (Å²) in [5, 5.41) is 0. The van der Waals surface area contributed by atoms with Crippen molar-refractivity contribution in [2.24, 2.45) is 0 Å². The molecular weight excluding hydrogens is 236 g/mol. The first kappa shape index (κ1) is 14.3. The topological polar surface area (TPSA) is 6.48 Å². The van der Waals surface area contributed by atoms with E-state index < -0.39 is 0 Å². The first-order valence-corrected chi connectivity index (χ1v) is 9.86. The molecule has 0 spiro atoms. The van der Waals surface area contributed by atoms with Crippen LogP contribution in [0.25, 0.3) is 0 Å². The van der Waals surface area contributed by atoms with Gasteiger partial charge in [-0.05, 0) is 58.3 Å². The smallest absolute Gasteiger partial charge is 0.0657 e. The van der Waals surface area contributed by atoms with Gasteiger partial charge in [-0.3, -0.25) is 9.80 Å². The van der Waals surface area contributed by atoms with Gasteiger partial charge >= 0.3 is 0 Å². The summed E-state index contributed by atoms with van der Waals surface area (Å²) in [6, 6.07) is 1.48. The molecule has 0 bridgehead atoms. The maximum Gasteiger partial charge on any atom is 0.0657 e. The molecular formula is C15H30N2Si. The van der Waals surface area contributed by atoms with Crippen molar-refractivity contribution in [1.82, 2.24) is 9.80 Å². The van der Waals surface area contributed by atoms with Crippen molar-refractivity contribution in [2.75, 3.05) is 26.2 Å². The molecule has 2 aliphatic heterocycles. The molecule has 0 N–H and O–H groups in total. The van der Waals surface area contributed by atoms with E-state index in [9.17, 15) is 0 Å². The predicted octanol–water partition coefficient (Wildman–Crippen LogP) is 2.41. The van der Waals surface area contributed by atoms with Gasteiger partial charge in [-0.15, -0.1) is 5.70 Å². The Morgan fingerprint density at radius 3 is 2.06 bits per heavy atom. The molecule has 0 amide bonds. The Labute approximate surface area is 115 Å². The molecule has 104 valence electrons. The Hall–Kier alpha value is -0.123. The third-order valence-corrected chi connectivity index (χ3v) is 6.14. The number of nitrogens with zero attached hydrogens (tertiary/aromatic N) is 2. The first-order chi connectivity index (χ1) is 8.92. The molecule has 0 aliphatic carbocycles. The van der Waals surface area contributed by atoms with Gasteiger partial charge in [0, 0.05) is 9.52 Å². The highest BCUT2D eigenvalue weighted by atomic mass is 28.2. The highest BCUT2D eigenvalue weighted by Gasteiger charge is 2.27. The van der Waals surface area contributed by atoms with Gasteiger partial charge in [0.25, 0.3) is 0 Å². The average Bonchev–Trinajstić information content (AvgIpc) is 3.06. The lowest BCUT2D eigenvalue weighted by molar-refractivity contribution is 0.0817. The quantitative estimate of drug-likeness (QED) is 0.516. The summed E-state index contributed by atoms with van der Waals surface area (Å²) in [4.78, 5) is 5.47. The summed E-state index contributed by atoms with van der Waals surface area (Å²) in [5.74, 6) is 0. The Balaban J connectivity index is 1.81. The Bertz CT molecular complexity index is 227. The summed E-state index contributed by atoms with van der Waals surface area (Å²) in [6.07, 6.45) is 11.5. The molecule has 2 aliphatic rings. The summed E-state index contributed by atoms with van der Waals surface area (Å²) in [6.45, 7) is 7.64. The minimum Gasteiger partial charge on any atom is -0.288 e. The van der Waals surface area contributed by atoms with Crippen LogP contribution in [-0.2, 0) is 0 Å². The third kappa shape index (κ3) is 4.21. The summed E-state index contributed by atoms with van der Waals surface area (Å²) in [5.41, 5.74) is 2.54. The van der Waals surface area contributed by atoms with Crippen LogP contribution >= 0.6 is 0 Å². The van der Waals surface area contributed by atoms with Crippen molar-refractivity contribution in [3.63, 3.8) is 0 Å². The van der Waals surface area contributed by atoms with Crippen LogP contribution in [0.1, 0.15) is 45.4 Å². The van der Waals surface area contributed by atoms with E-state index >= 15 is 0 Å². The van der Waals surface area contributed by atoms with Gasteiger partial charge in [0.15, 0.2) is 0 Å². The van der Waals surface area contributed by atoms with Gasteiger partial charge < -0.3 is 0 Å². The molecule has 0 unspecified atom stereocenters. The normalized spacial score (nSPS) is 23.4. The zero-order chi connectivity index (χ0) is 12.6. The lowest BCUT2D eigenvalue weighted by Crippen LogP contribution is -2.45. The van der Waals surface area contributed by atoms with E-state index in [1.54, 1.807) is 0 Å². The van der Waals surface area contributed by atoms with Gasteiger partial charge in [-0.2, -0.15) is 0 Å². The summed E-state index contributed by atoms with van der Waals surface area (Å²) in [7, 11) is 0.108. The van der Waals surface area contributed by atoms with Gasteiger partial charge in [-0.1, -0.05) is 25.5 Å². The summed E-state index contributed by atoms with van der Waals surface area (Å²) < 4.78 is 0. The highest BCUT2D eigenvalue weighted by molar-refractivity contribution is 6.41. The fourth-order valence-corrected chi connectivity index (χ4v) is 4.34. The molecule has 2 fully saturated rings. The van der Waals surface area contributed by atoms with E-state index in [1.807, 2.05) is 0 Å². The number of likely N-dealkylation sites (tertiary alicyclic amines) is 2. The van der Waals surface area contributed by atoms with E-state index in [-0.39, 0.29) is 9.52 Å². The number of hydrogen-bond acceptors (Lipinski definition) is 2. The molecule has 18 heavy (non-hydrogen) atoms. The van der Waals surface area contributed by atoms with Crippen LogP contribution in [0.2, 0.25) is 6.04 Å². The standard InChI is InChI=1S/C15H30N2Si/c1-2-13-18-14-7-8-15(16-9-3-4-10-16)17-11-5-6-12-17/h7,14-15H,2-6,8-13,18H2,1H3. The van der Waals surface area contributed by atoms with Crippen LogP contribution in [-0.4, -0.2) is 51.7 Å². The van der Waals surface area contributed by atoms with Crippen molar-refractivity contribution in [3.8, 4) is 0 Å². The Morgan fingerprint density at radius 2 is 1.56 bits per heavy atom. The molecule has 0 saturated carbocycles. The highest BCUT2D eigenvalue weighted by Crippen LogP contribution is 2.21. The van der Waals surface area contributed by atoms with Crippen LogP contribution in [0.4, 0.5) is 0 Å². The van der Waals surface area contributed by atoms with Crippen LogP contribution in [0.3, 0.4) is 0 Å². The van der Waals surface area contributed by atoms with Crippen molar-refractivity contribution < 1.29 is 0 Å². The fourth-order valence-electron chi connectivity index (χ4n) is 3.27. The molecule has 0 aromatic rings. The van der Waals surface area contributed by atoms with E-state index in [4.69, 9.17) is 0 Å². The lowest BCUT2D eigenvalue weighted by Gasteiger charge is -2.34. The minimum absolute atomic E-state index is 0.108. The van der Waals surface area contributed by atoms with Crippen molar-refractivity contribution >= 4 is 9.52 Å². The second kappa shape index (κ2) is 8.13. The maximum atomic E-state index is 2.73. The first-order valence-electron chi connectivity index (χ1n) is 8.05. The minimum atomic E-state index is 0.108.